The second kappa shape index (κ2) is 4.47. The Morgan fingerprint density at radius 3 is 3.00 bits per heavy atom. The summed E-state index contributed by atoms with van der Waals surface area (Å²) in [5.41, 5.74) is 0. The highest BCUT2D eigenvalue weighted by molar-refractivity contribution is 8.00. The number of rotatable bonds is 3. The number of thioether (sulfide) groups is 1. The van der Waals surface area contributed by atoms with E-state index in [1.54, 1.807) is 0 Å². The van der Waals surface area contributed by atoms with Crippen LogP contribution >= 0.6 is 11.8 Å². The standard InChI is InChI=1S/C13H22N2OS/c1-13(5-2-6-17-13)8-14-12(16)10-7-9-3-4-11(10)15-9/h9-11,15H,2-8H2,1H3,(H,14,16). The van der Waals surface area contributed by atoms with Gasteiger partial charge >= 0.3 is 0 Å². The summed E-state index contributed by atoms with van der Waals surface area (Å²) in [7, 11) is 0. The summed E-state index contributed by atoms with van der Waals surface area (Å²) >= 11 is 2.01. The fourth-order valence-electron chi connectivity index (χ4n) is 3.50. The molecule has 3 rings (SSSR count). The van der Waals surface area contributed by atoms with Crippen LogP contribution in [0.4, 0.5) is 0 Å². The van der Waals surface area contributed by atoms with Gasteiger partial charge in [-0.15, -0.1) is 0 Å². The molecule has 3 fully saturated rings. The summed E-state index contributed by atoms with van der Waals surface area (Å²) in [4.78, 5) is 12.2. The Bertz CT molecular complexity index is 315. The first kappa shape index (κ1) is 11.8. The van der Waals surface area contributed by atoms with Gasteiger partial charge in [0.25, 0.3) is 0 Å². The van der Waals surface area contributed by atoms with Crippen molar-refractivity contribution in [3.05, 3.63) is 0 Å². The maximum atomic E-state index is 12.2. The summed E-state index contributed by atoms with van der Waals surface area (Å²) in [5, 5.41) is 6.72. The smallest absolute Gasteiger partial charge is 0.224 e. The number of hydrogen-bond donors (Lipinski definition) is 2. The fourth-order valence-corrected chi connectivity index (χ4v) is 4.74. The Morgan fingerprint density at radius 2 is 2.41 bits per heavy atom. The summed E-state index contributed by atoms with van der Waals surface area (Å²) in [6.07, 6.45) is 6.05. The lowest BCUT2D eigenvalue weighted by Gasteiger charge is -2.25. The van der Waals surface area contributed by atoms with Crippen molar-refractivity contribution < 1.29 is 4.79 Å². The van der Waals surface area contributed by atoms with Crippen molar-refractivity contribution in [2.75, 3.05) is 12.3 Å². The van der Waals surface area contributed by atoms with Crippen LogP contribution in [0.5, 0.6) is 0 Å². The SMILES string of the molecule is CC1(CNC(=O)C2CC3CCC2N3)CCCS1. The zero-order valence-corrected chi connectivity index (χ0v) is 11.3. The molecule has 1 amide bonds. The summed E-state index contributed by atoms with van der Waals surface area (Å²) in [5.74, 6) is 1.78. The minimum absolute atomic E-state index is 0.240. The molecule has 0 spiro atoms. The van der Waals surface area contributed by atoms with E-state index in [1.807, 2.05) is 11.8 Å². The van der Waals surface area contributed by atoms with E-state index < -0.39 is 0 Å². The molecule has 3 aliphatic rings. The van der Waals surface area contributed by atoms with Crippen LogP contribution in [0.1, 0.15) is 39.0 Å². The molecule has 4 unspecified atom stereocenters. The zero-order chi connectivity index (χ0) is 11.9. The predicted octanol–water partition coefficient (Wildman–Crippen LogP) is 1.53. The molecule has 3 heterocycles. The van der Waals surface area contributed by atoms with Crippen molar-refractivity contribution in [1.29, 1.82) is 0 Å². The molecule has 0 aliphatic carbocycles. The van der Waals surface area contributed by atoms with Crippen LogP contribution in [0.25, 0.3) is 0 Å². The van der Waals surface area contributed by atoms with Gasteiger partial charge in [-0.1, -0.05) is 0 Å². The third kappa shape index (κ3) is 2.34. The number of carbonyl (C=O) groups excluding carboxylic acids is 1. The second-order valence-corrected chi connectivity index (χ2v) is 7.69. The van der Waals surface area contributed by atoms with Crippen molar-refractivity contribution in [2.24, 2.45) is 5.92 Å². The van der Waals surface area contributed by atoms with Crippen LogP contribution in [-0.2, 0) is 4.79 Å². The molecule has 0 aromatic carbocycles. The predicted molar refractivity (Wildman–Crippen MR) is 71.2 cm³/mol. The number of fused-ring (bicyclic) bond motifs is 2. The summed E-state index contributed by atoms with van der Waals surface area (Å²) < 4.78 is 0.292. The van der Waals surface area contributed by atoms with Gasteiger partial charge in [-0.2, -0.15) is 11.8 Å². The quantitative estimate of drug-likeness (QED) is 0.802. The number of hydrogen-bond acceptors (Lipinski definition) is 3. The van der Waals surface area contributed by atoms with E-state index in [0.29, 0.717) is 22.7 Å². The third-order valence-electron chi connectivity index (χ3n) is 4.57. The number of carbonyl (C=O) groups is 1. The van der Waals surface area contributed by atoms with Gasteiger partial charge in [0.05, 0.1) is 5.92 Å². The van der Waals surface area contributed by atoms with Gasteiger partial charge in [-0.05, 0) is 44.8 Å². The van der Waals surface area contributed by atoms with Gasteiger partial charge in [0, 0.05) is 23.4 Å². The van der Waals surface area contributed by atoms with E-state index in [-0.39, 0.29) is 5.92 Å². The maximum Gasteiger partial charge on any atom is 0.224 e. The average Bonchev–Trinajstić information content (AvgIpc) is 3.02. The first-order chi connectivity index (χ1) is 8.16. The Labute approximate surface area is 107 Å². The summed E-state index contributed by atoms with van der Waals surface area (Å²) in [6, 6.07) is 1.08. The van der Waals surface area contributed by atoms with Crippen LogP contribution in [0.3, 0.4) is 0 Å². The maximum absolute atomic E-state index is 12.2. The molecule has 2 N–H and O–H groups in total. The lowest BCUT2D eigenvalue weighted by molar-refractivity contribution is -0.125. The minimum Gasteiger partial charge on any atom is -0.354 e. The molecule has 0 radical (unpaired) electrons. The minimum atomic E-state index is 0.240. The molecule has 0 aromatic rings. The van der Waals surface area contributed by atoms with Crippen molar-refractivity contribution in [1.82, 2.24) is 10.6 Å². The van der Waals surface area contributed by atoms with Crippen molar-refractivity contribution >= 4 is 17.7 Å². The van der Waals surface area contributed by atoms with Gasteiger partial charge in [0.1, 0.15) is 0 Å². The number of nitrogens with one attached hydrogen (secondary N) is 2. The van der Waals surface area contributed by atoms with Crippen LogP contribution in [0.15, 0.2) is 0 Å². The van der Waals surface area contributed by atoms with Gasteiger partial charge < -0.3 is 10.6 Å². The highest BCUT2D eigenvalue weighted by atomic mass is 32.2. The molecule has 2 bridgehead atoms. The Hall–Kier alpha value is -0.220. The van der Waals surface area contributed by atoms with E-state index in [2.05, 4.69) is 17.6 Å². The molecule has 4 heteroatoms. The molecule has 0 saturated carbocycles. The lowest BCUT2D eigenvalue weighted by atomic mass is 9.88. The van der Waals surface area contributed by atoms with Gasteiger partial charge in [0.15, 0.2) is 0 Å². The van der Waals surface area contributed by atoms with E-state index in [1.165, 1.54) is 31.4 Å². The molecule has 17 heavy (non-hydrogen) atoms. The number of amides is 1. The highest BCUT2D eigenvalue weighted by Crippen LogP contribution is 2.37. The molecule has 0 aromatic heterocycles. The van der Waals surface area contributed by atoms with Crippen molar-refractivity contribution in [2.45, 2.75) is 55.9 Å². The fraction of sp³-hybridized carbons (Fsp3) is 0.923. The van der Waals surface area contributed by atoms with Crippen LogP contribution < -0.4 is 10.6 Å². The van der Waals surface area contributed by atoms with Crippen LogP contribution in [-0.4, -0.2) is 35.0 Å². The Morgan fingerprint density at radius 1 is 1.53 bits per heavy atom. The Balaban J connectivity index is 1.50. The van der Waals surface area contributed by atoms with Crippen LogP contribution in [0.2, 0.25) is 0 Å². The van der Waals surface area contributed by atoms with Gasteiger partial charge in [0.2, 0.25) is 5.91 Å². The molecule has 96 valence electrons. The molecule has 4 atom stereocenters. The largest absolute Gasteiger partial charge is 0.354 e. The third-order valence-corrected chi connectivity index (χ3v) is 6.11. The van der Waals surface area contributed by atoms with Gasteiger partial charge in [-0.25, -0.2) is 0 Å². The Kier molecular flexibility index (Phi) is 3.11. The molecule has 3 nitrogen and oxygen atoms in total. The van der Waals surface area contributed by atoms with E-state index >= 15 is 0 Å². The normalized spacial score (nSPS) is 44.2. The van der Waals surface area contributed by atoms with Crippen LogP contribution in [0, 0.1) is 5.92 Å². The van der Waals surface area contributed by atoms with Crippen molar-refractivity contribution in [3.8, 4) is 0 Å². The molecular weight excluding hydrogens is 232 g/mol. The van der Waals surface area contributed by atoms with E-state index in [4.69, 9.17) is 0 Å². The van der Waals surface area contributed by atoms with E-state index in [0.717, 1.165) is 13.0 Å². The van der Waals surface area contributed by atoms with Crippen molar-refractivity contribution in [3.63, 3.8) is 0 Å². The zero-order valence-electron chi connectivity index (χ0n) is 10.5. The first-order valence-corrected chi connectivity index (χ1v) is 7.83. The molecular formula is C13H22N2OS. The monoisotopic (exact) mass is 254 g/mol. The highest BCUT2D eigenvalue weighted by Gasteiger charge is 2.43. The first-order valence-electron chi connectivity index (χ1n) is 6.84. The average molecular weight is 254 g/mol. The van der Waals surface area contributed by atoms with E-state index in [9.17, 15) is 4.79 Å². The topological polar surface area (TPSA) is 41.1 Å². The summed E-state index contributed by atoms with van der Waals surface area (Å²) in [6.45, 7) is 3.13. The molecule has 3 aliphatic heterocycles. The second-order valence-electron chi connectivity index (χ2n) is 6.01. The van der Waals surface area contributed by atoms with Gasteiger partial charge in [-0.3, -0.25) is 4.79 Å². The molecule has 3 saturated heterocycles. The lowest BCUT2D eigenvalue weighted by Crippen LogP contribution is -2.43.